The smallest absolute Gasteiger partial charge is 0.175 e. The van der Waals surface area contributed by atoms with E-state index in [-0.39, 0.29) is 11.2 Å². The molecule has 3 aliphatic carbocycles. The van der Waals surface area contributed by atoms with Crippen LogP contribution in [0.15, 0.2) is 65.2 Å². The first-order valence-corrected chi connectivity index (χ1v) is 14.1. The van der Waals surface area contributed by atoms with Gasteiger partial charge in [-0.3, -0.25) is 0 Å². The van der Waals surface area contributed by atoms with Crippen molar-refractivity contribution in [1.82, 2.24) is 9.78 Å². The van der Waals surface area contributed by atoms with Gasteiger partial charge in [0.25, 0.3) is 0 Å². The van der Waals surface area contributed by atoms with Crippen molar-refractivity contribution >= 4 is 15.9 Å². The van der Waals surface area contributed by atoms with Crippen LogP contribution in [0.25, 0.3) is 11.8 Å². The molecule has 0 saturated heterocycles. The van der Waals surface area contributed by atoms with Crippen LogP contribution in [-0.2, 0) is 22.7 Å². The summed E-state index contributed by atoms with van der Waals surface area (Å²) in [5.41, 5.74) is 3.73. The van der Waals surface area contributed by atoms with Crippen LogP contribution in [-0.4, -0.2) is 35.2 Å². The van der Waals surface area contributed by atoms with Gasteiger partial charge in [-0.15, -0.1) is 0 Å². The Hall–Kier alpha value is -2.77. The number of nitrogens with zero attached hydrogens (tertiary/aromatic N) is 2. The SMILES string of the molecule is CS(=O)(=O)c1ccccc1CC[C@]1(O)CCC2=Cc3c(cnn3-c3ccc(F)cc3)C[C@@]21C1CC1. The van der Waals surface area contributed by atoms with Gasteiger partial charge in [-0.1, -0.05) is 23.8 Å². The topological polar surface area (TPSA) is 72.2 Å². The Bertz CT molecular complexity index is 1440. The summed E-state index contributed by atoms with van der Waals surface area (Å²) in [6.45, 7) is 0. The second-order valence-electron chi connectivity index (χ2n) is 10.4. The fourth-order valence-corrected chi connectivity index (χ4v) is 7.60. The minimum absolute atomic E-state index is 0.279. The number of aliphatic hydroxyl groups is 1. The maximum absolute atomic E-state index is 13.5. The Labute approximate surface area is 205 Å². The van der Waals surface area contributed by atoms with Crippen molar-refractivity contribution in [3.05, 3.63) is 82.9 Å². The molecule has 0 radical (unpaired) electrons. The molecule has 0 bridgehead atoms. The lowest BCUT2D eigenvalue weighted by Crippen LogP contribution is -2.49. The van der Waals surface area contributed by atoms with Crippen molar-refractivity contribution in [2.45, 2.75) is 55.4 Å². The van der Waals surface area contributed by atoms with E-state index in [0.29, 0.717) is 30.1 Å². The van der Waals surface area contributed by atoms with Crippen LogP contribution in [0, 0.1) is 17.2 Å². The predicted molar refractivity (Wildman–Crippen MR) is 132 cm³/mol. The first kappa shape index (κ1) is 22.7. The van der Waals surface area contributed by atoms with E-state index in [1.165, 1.54) is 24.0 Å². The van der Waals surface area contributed by atoms with E-state index < -0.39 is 15.4 Å². The fraction of sp³-hybridized carbons (Fsp3) is 0.393. The zero-order valence-electron chi connectivity index (χ0n) is 19.7. The minimum Gasteiger partial charge on any atom is -0.389 e. The highest BCUT2D eigenvalue weighted by Gasteiger charge is 2.63. The molecule has 2 saturated carbocycles. The van der Waals surface area contributed by atoms with Gasteiger partial charge in [-0.2, -0.15) is 5.10 Å². The third-order valence-electron chi connectivity index (χ3n) is 8.40. The largest absolute Gasteiger partial charge is 0.389 e. The summed E-state index contributed by atoms with van der Waals surface area (Å²) >= 11 is 0. The molecule has 35 heavy (non-hydrogen) atoms. The summed E-state index contributed by atoms with van der Waals surface area (Å²) in [6.07, 6.45) is 10.8. The van der Waals surface area contributed by atoms with Gasteiger partial charge in [0.2, 0.25) is 0 Å². The Morgan fingerprint density at radius 3 is 2.60 bits per heavy atom. The van der Waals surface area contributed by atoms with Crippen molar-refractivity contribution in [2.24, 2.45) is 11.3 Å². The number of fused-ring (bicyclic) bond motifs is 2. The number of sulfone groups is 1. The molecule has 182 valence electrons. The number of hydrogen-bond acceptors (Lipinski definition) is 4. The molecule has 5 nitrogen and oxygen atoms in total. The molecule has 2 atom stereocenters. The van der Waals surface area contributed by atoms with Crippen LogP contribution >= 0.6 is 0 Å². The van der Waals surface area contributed by atoms with Gasteiger partial charge in [0, 0.05) is 11.7 Å². The van der Waals surface area contributed by atoms with Crippen molar-refractivity contribution in [2.75, 3.05) is 6.26 Å². The monoisotopic (exact) mass is 492 g/mol. The first-order chi connectivity index (χ1) is 16.7. The molecule has 7 heteroatoms. The highest BCUT2D eigenvalue weighted by Crippen LogP contribution is 2.66. The molecular formula is C28H29FN2O3S. The second kappa shape index (κ2) is 7.87. The summed E-state index contributed by atoms with van der Waals surface area (Å²) in [6, 6.07) is 13.5. The van der Waals surface area contributed by atoms with Gasteiger partial charge in [0.05, 0.1) is 28.1 Å². The molecular weight excluding hydrogens is 463 g/mol. The molecule has 3 aliphatic rings. The maximum Gasteiger partial charge on any atom is 0.175 e. The molecule has 0 aliphatic heterocycles. The Morgan fingerprint density at radius 2 is 1.89 bits per heavy atom. The lowest BCUT2D eigenvalue weighted by molar-refractivity contribution is -0.0661. The number of hydrogen-bond donors (Lipinski definition) is 1. The van der Waals surface area contributed by atoms with E-state index in [9.17, 15) is 17.9 Å². The van der Waals surface area contributed by atoms with Gasteiger partial charge >= 0.3 is 0 Å². The van der Waals surface area contributed by atoms with Gasteiger partial charge in [-0.05, 0) is 98.4 Å². The number of benzene rings is 2. The lowest BCUT2D eigenvalue weighted by Gasteiger charge is -2.46. The number of halogens is 1. The molecule has 0 amide bonds. The molecule has 3 aromatic rings. The number of aryl methyl sites for hydroxylation is 1. The zero-order chi connectivity index (χ0) is 24.4. The van der Waals surface area contributed by atoms with Crippen molar-refractivity contribution in [3.8, 4) is 5.69 Å². The normalized spacial score (nSPS) is 25.7. The van der Waals surface area contributed by atoms with E-state index in [1.807, 2.05) is 23.0 Å². The van der Waals surface area contributed by atoms with E-state index >= 15 is 0 Å². The van der Waals surface area contributed by atoms with Crippen LogP contribution in [0.5, 0.6) is 0 Å². The highest BCUT2D eigenvalue weighted by molar-refractivity contribution is 7.90. The lowest BCUT2D eigenvalue weighted by atomic mass is 9.61. The molecule has 0 spiro atoms. The van der Waals surface area contributed by atoms with Crippen LogP contribution in [0.4, 0.5) is 4.39 Å². The van der Waals surface area contributed by atoms with Gasteiger partial charge in [0.15, 0.2) is 9.84 Å². The summed E-state index contributed by atoms with van der Waals surface area (Å²) in [7, 11) is -3.34. The van der Waals surface area contributed by atoms with Crippen LogP contribution in [0.1, 0.15) is 48.9 Å². The van der Waals surface area contributed by atoms with Crippen LogP contribution < -0.4 is 0 Å². The Kier molecular flexibility index (Phi) is 5.10. The molecule has 0 unspecified atom stereocenters. The highest BCUT2D eigenvalue weighted by atomic mass is 32.2. The van der Waals surface area contributed by atoms with E-state index in [0.717, 1.165) is 48.2 Å². The average Bonchev–Trinajstić information content (AvgIpc) is 3.55. The molecule has 6 rings (SSSR count). The fourth-order valence-electron chi connectivity index (χ4n) is 6.62. The first-order valence-electron chi connectivity index (χ1n) is 12.3. The minimum atomic E-state index is -3.34. The van der Waals surface area contributed by atoms with Gasteiger partial charge < -0.3 is 5.11 Å². The summed E-state index contributed by atoms with van der Waals surface area (Å²) in [5.74, 6) is 0.146. The molecule has 1 N–H and O–H groups in total. The van der Waals surface area contributed by atoms with Crippen LogP contribution in [0.2, 0.25) is 0 Å². The molecule has 1 heterocycles. The van der Waals surface area contributed by atoms with Crippen molar-refractivity contribution < 1.29 is 17.9 Å². The summed E-state index contributed by atoms with van der Waals surface area (Å²) in [5, 5.41) is 16.8. The average molecular weight is 493 g/mol. The van der Waals surface area contributed by atoms with E-state index in [1.54, 1.807) is 24.3 Å². The van der Waals surface area contributed by atoms with Crippen LogP contribution in [0.3, 0.4) is 0 Å². The second-order valence-corrected chi connectivity index (χ2v) is 12.4. The Balaban J connectivity index is 1.36. The standard InChI is InChI=1S/C28H29FN2O3S/c1-35(33,34)26-5-3-2-4-19(26)12-14-27(32)15-13-22-16-25-20(17-28(22,27)21-6-7-21)18-30-31(25)24-10-8-23(29)9-11-24/h2-5,8-11,16,18,21,32H,6-7,12-15,17H2,1H3/t27-,28+/m0/s1. The van der Waals surface area contributed by atoms with Gasteiger partial charge in [0.1, 0.15) is 5.82 Å². The third kappa shape index (κ3) is 3.59. The van der Waals surface area contributed by atoms with Crippen molar-refractivity contribution in [3.63, 3.8) is 0 Å². The Morgan fingerprint density at radius 1 is 1.14 bits per heavy atom. The maximum atomic E-state index is 13.5. The summed E-state index contributed by atoms with van der Waals surface area (Å²) < 4.78 is 39.9. The molecule has 1 aromatic heterocycles. The predicted octanol–water partition coefficient (Wildman–Crippen LogP) is 4.91. The number of rotatable bonds is 6. The van der Waals surface area contributed by atoms with E-state index in [2.05, 4.69) is 11.2 Å². The third-order valence-corrected chi connectivity index (χ3v) is 9.60. The van der Waals surface area contributed by atoms with E-state index in [4.69, 9.17) is 0 Å². The zero-order valence-corrected chi connectivity index (χ0v) is 20.6. The van der Waals surface area contributed by atoms with Crippen molar-refractivity contribution in [1.29, 1.82) is 0 Å². The van der Waals surface area contributed by atoms with Gasteiger partial charge in [-0.25, -0.2) is 17.5 Å². The molecule has 2 aromatic carbocycles. The quantitative estimate of drug-likeness (QED) is 0.531. The number of aromatic nitrogens is 2. The summed E-state index contributed by atoms with van der Waals surface area (Å²) in [4.78, 5) is 0.351. The molecule has 2 fully saturated rings.